The number of rotatable bonds is 6. The van der Waals surface area contributed by atoms with Crippen molar-refractivity contribution in [1.29, 1.82) is 0 Å². The van der Waals surface area contributed by atoms with Crippen LogP contribution in [0.15, 0.2) is 61.0 Å². The number of aliphatic hydroxyl groups is 1. The van der Waals surface area contributed by atoms with E-state index in [2.05, 4.69) is 4.98 Å². The summed E-state index contributed by atoms with van der Waals surface area (Å²) in [6.07, 6.45) is 12.4. The minimum atomic E-state index is -1.31. The SMILES string of the molecule is COc1c(F)ccc(C2(O)C=CC=CC2CCc2ccncc2)c1OC. The first kappa shape index (κ1) is 18.1. The van der Waals surface area contributed by atoms with Crippen LogP contribution in [0, 0.1) is 11.7 Å². The first-order chi connectivity index (χ1) is 12.6. The molecule has 0 saturated heterocycles. The van der Waals surface area contributed by atoms with Crippen LogP contribution in [0.5, 0.6) is 11.5 Å². The third-order valence-electron chi connectivity index (χ3n) is 4.77. The molecule has 4 nitrogen and oxygen atoms in total. The Labute approximate surface area is 152 Å². The van der Waals surface area contributed by atoms with E-state index in [1.165, 1.54) is 20.3 Å². The first-order valence-electron chi connectivity index (χ1n) is 8.48. The molecule has 0 amide bonds. The molecule has 1 heterocycles. The Hall–Kier alpha value is -2.66. The molecule has 2 aromatic rings. The van der Waals surface area contributed by atoms with Crippen LogP contribution in [0.4, 0.5) is 4.39 Å². The van der Waals surface area contributed by atoms with Crippen molar-refractivity contribution in [2.75, 3.05) is 14.2 Å². The van der Waals surface area contributed by atoms with Gasteiger partial charge in [-0.1, -0.05) is 18.2 Å². The van der Waals surface area contributed by atoms with Crippen LogP contribution in [0.3, 0.4) is 0 Å². The number of aromatic nitrogens is 1. The highest BCUT2D eigenvalue weighted by atomic mass is 19.1. The van der Waals surface area contributed by atoms with E-state index in [0.29, 0.717) is 12.0 Å². The van der Waals surface area contributed by atoms with Crippen molar-refractivity contribution in [3.8, 4) is 11.5 Å². The fourth-order valence-corrected chi connectivity index (χ4v) is 3.40. The van der Waals surface area contributed by atoms with E-state index in [4.69, 9.17) is 9.47 Å². The highest BCUT2D eigenvalue weighted by molar-refractivity contribution is 5.53. The van der Waals surface area contributed by atoms with Crippen LogP contribution < -0.4 is 9.47 Å². The Bertz CT molecular complexity index is 820. The number of methoxy groups -OCH3 is 2. The summed E-state index contributed by atoms with van der Waals surface area (Å²) in [5.41, 5.74) is 0.321. The van der Waals surface area contributed by atoms with E-state index >= 15 is 0 Å². The first-order valence-corrected chi connectivity index (χ1v) is 8.48. The highest BCUT2D eigenvalue weighted by Crippen LogP contribution is 2.45. The fourth-order valence-electron chi connectivity index (χ4n) is 3.40. The van der Waals surface area contributed by atoms with Crippen LogP contribution in [0.2, 0.25) is 0 Å². The lowest BCUT2D eigenvalue weighted by atomic mass is 9.75. The van der Waals surface area contributed by atoms with Gasteiger partial charge >= 0.3 is 0 Å². The summed E-state index contributed by atoms with van der Waals surface area (Å²) in [6.45, 7) is 0. The largest absolute Gasteiger partial charge is 0.492 e. The van der Waals surface area contributed by atoms with Crippen molar-refractivity contribution < 1.29 is 19.0 Å². The molecule has 0 aliphatic heterocycles. The summed E-state index contributed by atoms with van der Waals surface area (Å²) in [5.74, 6) is -0.511. The second kappa shape index (κ2) is 7.70. The maximum Gasteiger partial charge on any atom is 0.197 e. The number of hydrogen-bond acceptors (Lipinski definition) is 4. The van der Waals surface area contributed by atoms with E-state index in [1.807, 2.05) is 24.3 Å². The Morgan fingerprint density at radius 1 is 1.08 bits per heavy atom. The van der Waals surface area contributed by atoms with Crippen molar-refractivity contribution in [3.63, 3.8) is 0 Å². The molecule has 1 aromatic heterocycles. The molecule has 0 bridgehead atoms. The molecule has 0 fully saturated rings. The molecule has 0 saturated carbocycles. The monoisotopic (exact) mass is 355 g/mol. The molecule has 0 radical (unpaired) electrons. The van der Waals surface area contributed by atoms with Crippen LogP contribution in [-0.4, -0.2) is 24.3 Å². The van der Waals surface area contributed by atoms with Gasteiger partial charge in [0.15, 0.2) is 17.3 Å². The molecule has 2 unspecified atom stereocenters. The molecule has 1 aliphatic rings. The van der Waals surface area contributed by atoms with Gasteiger partial charge in [-0.05, 0) is 48.7 Å². The Balaban J connectivity index is 1.95. The summed E-state index contributed by atoms with van der Waals surface area (Å²) in [4.78, 5) is 4.03. The molecule has 1 aliphatic carbocycles. The predicted octanol–water partition coefficient (Wildman–Crippen LogP) is 3.80. The van der Waals surface area contributed by atoms with Crippen molar-refractivity contribution in [3.05, 3.63) is 77.9 Å². The van der Waals surface area contributed by atoms with E-state index in [-0.39, 0.29) is 17.4 Å². The van der Waals surface area contributed by atoms with E-state index in [0.717, 1.165) is 12.0 Å². The van der Waals surface area contributed by atoms with Gasteiger partial charge in [0.05, 0.1) is 14.2 Å². The molecule has 0 spiro atoms. The number of nitrogens with zero attached hydrogens (tertiary/aromatic N) is 1. The lowest BCUT2D eigenvalue weighted by molar-refractivity contribution is 0.0367. The van der Waals surface area contributed by atoms with Crippen molar-refractivity contribution in [1.82, 2.24) is 4.98 Å². The van der Waals surface area contributed by atoms with Gasteiger partial charge < -0.3 is 14.6 Å². The molecule has 1 N–H and O–H groups in total. The van der Waals surface area contributed by atoms with Crippen LogP contribution in [-0.2, 0) is 12.0 Å². The standard InChI is InChI=1S/C21H22FNO3/c1-25-19-17(8-9-18(22)20(19)26-2)21(24)12-4-3-5-16(21)7-6-15-10-13-23-14-11-15/h3-5,8-14,16,24H,6-7H2,1-2H3. The second-order valence-electron chi connectivity index (χ2n) is 6.23. The Morgan fingerprint density at radius 2 is 1.81 bits per heavy atom. The zero-order valence-electron chi connectivity index (χ0n) is 14.9. The van der Waals surface area contributed by atoms with Gasteiger partial charge in [-0.25, -0.2) is 4.39 Å². The number of hydrogen-bond donors (Lipinski definition) is 1. The molecule has 3 rings (SSSR count). The van der Waals surface area contributed by atoms with Gasteiger partial charge in [0, 0.05) is 23.9 Å². The highest BCUT2D eigenvalue weighted by Gasteiger charge is 2.39. The van der Waals surface area contributed by atoms with E-state index < -0.39 is 11.4 Å². The molecule has 26 heavy (non-hydrogen) atoms. The topological polar surface area (TPSA) is 51.6 Å². The average molecular weight is 355 g/mol. The van der Waals surface area contributed by atoms with E-state index in [1.54, 1.807) is 30.6 Å². The van der Waals surface area contributed by atoms with Crippen LogP contribution in [0.25, 0.3) is 0 Å². The van der Waals surface area contributed by atoms with Gasteiger partial charge in [-0.2, -0.15) is 0 Å². The van der Waals surface area contributed by atoms with Gasteiger partial charge in [-0.3, -0.25) is 4.98 Å². The van der Waals surface area contributed by atoms with Crippen molar-refractivity contribution in [2.24, 2.45) is 5.92 Å². The summed E-state index contributed by atoms with van der Waals surface area (Å²) < 4.78 is 24.6. The molecule has 2 atom stereocenters. The summed E-state index contributed by atoms with van der Waals surface area (Å²) in [6, 6.07) is 6.77. The number of benzene rings is 1. The molecular weight excluding hydrogens is 333 g/mol. The average Bonchev–Trinajstić information content (AvgIpc) is 2.67. The minimum Gasteiger partial charge on any atom is -0.492 e. The third-order valence-corrected chi connectivity index (χ3v) is 4.77. The van der Waals surface area contributed by atoms with Crippen molar-refractivity contribution >= 4 is 0 Å². The maximum absolute atomic E-state index is 14.1. The van der Waals surface area contributed by atoms with Crippen molar-refractivity contribution in [2.45, 2.75) is 18.4 Å². The minimum absolute atomic E-state index is 0.00531. The molecular formula is C21H22FNO3. The summed E-state index contributed by atoms with van der Waals surface area (Å²) >= 11 is 0. The summed E-state index contributed by atoms with van der Waals surface area (Å²) in [7, 11) is 2.82. The number of aryl methyl sites for hydroxylation is 1. The summed E-state index contributed by atoms with van der Waals surface area (Å²) in [5, 5.41) is 11.5. The number of allylic oxidation sites excluding steroid dienone is 2. The van der Waals surface area contributed by atoms with E-state index in [9.17, 15) is 9.50 Å². The number of ether oxygens (including phenoxy) is 2. The van der Waals surface area contributed by atoms with Gasteiger partial charge in [0.25, 0.3) is 0 Å². The number of halogens is 1. The van der Waals surface area contributed by atoms with Gasteiger partial charge in [0.1, 0.15) is 5.60 Å². The fraction of sp³-hybridized carbons (Fsp3) is 0.286. The maximum atomic E-state index is 14.1. The van der Waals surface area contributed by atoms with Crippen LogP contribution in [0.1, 0.15) is 17.5 Å². The smallest absolute Gasteiger partial charge is 0.197 e. The zero-order chi connectivity index (χ0) is 18.6. The third kappa shape index (κ3) is 3.35. The lowest BCUT2D eigenvalue weighted by Gasteiger charge is -2.35. The normalized spacial score (nSPS) is 21.6. The zero-order valence-corrected chi connectivity index (χ0v) is 14.9. The second-order valence-corrected chi connectivity index (χ2v) is 6.23. The Morgan fingerprint density at radius 3 is 2.50 bits per heavy atom. The quantitative estimate of drug-likeness (QED) is 0.856. The predicted molar refractivity (Wildman–Crippen MR) is 97.7 cm³/mol. The Kier molecular flexibility index (Phi) is 5.38. The molecule has 136 valence electrons. The number of pyridine rings is 1. The van der Waals surface area contributed by atoms with Gasteiger partial charge in [0.2, 0.25) is 0 Å². The lowest BCUT2D eigenvalue weighted by Crippen LogP contribution is -2.34. The van der Waals surface area contributed by atoms with Gasteiger partial charge in [-0.15, -0.1) is 0 Å². The molecule has 1 aromatic carbocycles. The van der Waals surface area contributed by atoms with Crippen LogP contribution >= 0.6 is 0 Å². The molecule has 5 heteroatoms.